The SMILES string of the molecule is O=C(O)c1cc(-c2ccc(/C=C3\SC(=O)N(CC(=O)N4CCCC4)C3=O)o2)ccc1Cl. The number of imide groups is 1. The molecule has 0 aliphatic carbocycles. The van der Waals surface area contributed by atoms with E-state index in [1.54, 1.807) is 23.1 Å². The Morgan fingerprint density at radius 1 is 1.16 bits per heavy atom. The first-order chi connectivity index (χ1) is 14.8. The summed E-state index contributed by atoms with van der Waals surface area (Å²) >= 11 is 6.64. The molecule has 160 valence electrons. The van der Waals surface area contributed by atoms with E-state index in [0.717, 1.165) is 29.5 Å². The largest absolute Gasteiger partial charge is 0.478 e. The molecule has 8 nitrogen and oxygen atoms in total. The second-order valence-corrected chi connectivity index (χ2v) is 8.46. The van der Waals surface area contributed by atoms with Crippen molar-refractivity contribution in [3.63, 3.8) is 0 Å². The molecule has 0 unspecified atom stereocenters. The number of benzene rings is 1. The Kier molecular flexibility index (Phi) is 5.88. The highest BCUT2D eigenvalue weighted by molar-refractivity contribution is 8.18. The molecule has 0 saturated carbocycles. The number of hydrogen-bond acceptors (Lipinski definition) is 6. The number of thioether (sulfide) groups is 1. The second kappa shape index (κ2) is 8.60. The summed E-state index contributed by atoms with van der Waals surface area (Å²) in [7, 11) is 0. The van der Waals surface area contributed by atoms with Gasteiger partial charge in [0.15, 0.2) is 0 Å². The Bertz CT molecular complexity index is 1120. The molecule has 3 amide bonds. The van der Waals surface area contributed by atoms with Crippen LogP contribution >= 0.6 is 23.4 Å². The first kappa shape index (κ1) is 21.2. The molecule has 4 rings (SSSR count). The fourth-order valence-electron chi connectivity index (χ4n) is 3.40. The van der Waals surface area contributed by atoms with Crippen molar-refractivity contribution in [2.75, 3.05) is 19.6 Å². The number of rotatable bonds is 5. The fraction of sp³-hybridized carbons (Fsp3) is 0.238. The Labute approximate surface area is 186 Å². The van der Waals surface area contributed by atoms with Crippen LogP contribution in [0.3, 0.4) is 0 Å². The molecule has 31 heavy (non-hydrogen) atoms. The number of hydrogen-bond donors (Lipinski definition) is 1. The summed E-state index contributed by atoms with van der Waals surface area (Å²) < 4.78 is 5.70. The monoisotopic (exact) mass is 460 g/mol. The van der Waals surface area contributed by atoms with Crippen molar-refractivity contribution in [1.82, 2.24) is 9.80 Å². The molecular weight excluding hydrogens is 444 g/mol. The third-order valence-electron chi connectivity index (χ3n) is 5.01. The maximum absolute atomic E-state index is 12.6. The first-order valence-corrected chi connectivity index (χ1v) is 10.7. The Balaban J connectivity index is 1.51. The van der Waals surface area contributed by atoms with E-state index in [0.29, 0.717) is 30.2 Å². The van der Waals surface area contributed by atoms with Crippen LogP contribution in [0.25, 0.3) is 17.4 Å². The van der Waals surface area contributed by atoms with Crippen LogP contribution in [0, 0.1) is 0 Å². The summed E-state index contributed by atoms with van der Waals surface area (Å²) in [6.07, 6.45) is 3.29. The average Bonchev–Trinajstić information content (AvgIpc) is 3.47. The maximum atomic E-state index is 12.6. The van der Waals surface area contributed by atoms with E-state index < -0.39 is 17.1 Å². The highest BCUT2D eigenvalue weighted by Crippen LogP contribution is 2.34. The average molecular weight is 461 g/mol. The van der Waals surface area contributed by atoms with Crippen LogP contribution in [0.2, 0.25) is 5.02 Å². The lowest BCUT2D eigenvalue weighted by Gasteiger charge is -2.18. The standard InChI is InChI=1S/C21H17ClN2O6S/c22-15-5-3-12(9-14(15)20(27)28)16-6-4-13(30-16)10-17-19(26)24(21(29)31-17)11-18(25)23-7-1-2-8-23/h3-6,9-10H,1-2,7-8,11H2,(H,27,28)/b17-10-. The topological polar surface area (TPSA) is 108 Å². The predicted octanol–water partition coefficient (Wildman–Crippen LogP) is 3.96. The van der Waals surface area contributed by atoms with Crippen molar-refractivity contribution in [3.05, 3.63) is 51.6 Å². The van der Waals surface area contributed by atoms with Gasteiger partial charge < -0.3 is 14.4 Å². The number of carbonyl (C=O) groups excluding carboxylic acids is 3. The predicted molar refractivity (Wildman–Crippen MR) is 115 cm³/mol. The van der Waals surface area contributed by atoms with Crippen molar-refractivity contribution in [3.8, 4) is 11.3 Å². The first-order valence-electron chi connectivity index (χ1n) is 9.49. The number of amides is 3. The number of carboxylic acid groups (broad SMARTS) is 1. The van der Waals surface area contributed by atoms with Gasteiger partial charge in [0.2, 0.25) is 5.91 Å². The molecule has 1 aromatic heterocycles. The summed E-state index contributed by atoms with van der Waals surface area (Å²) in [4.78, 5) is 51.2. The van der Waals surface area contributed by atoms with Crippen LogP contribution in [0.5, 0.6) is 0 Å². The molecule has 0 radical (unpaired) electrons. The van der Waals surface area contributed by atoms with Gasteiger partial charge in [-0.25, -0.2) is 4.79 Å². The van der Waals surface area contributed by atoms with Crippen LogP contribution in [-0.2, 0) is 9.59 Å². The minimum Gasteiger partial charge on any atom is -0.478 e. The van der Waals surface area contributed by atoms with Gasteiger partial charge >= 0.3 is 5.97 Å². The van der Waals surface area contributed by atoms with Crippen molar-refractivity contribution < 1.29 is 28.7 Å². The lowest BCUT2D eigenvalue weighted by atomic mass is 10.1. The molecule has 2 fully saturated rings. The summed E-state index contributed by atoms with van der Waals surface area (Å²) in [5.41, 5.74) is 0.451. The number of carboxylic acids is 1. The van der Waals surface area contributed by atoms with E-state index in [4.69, 9.17) is 16.0 Å². The van der Waals surface area contributed by atoms with E-state index in [2.05, 4.69) is 0 Å². The maximum Gasteiger partial charge on any atom is 0.337 e. The molecule has 1 N–H and O–H groups in total. The molecule has 2 aliphatic heterocycles. The highest BCUT2D eigenvalue weighted by atomic mass is 35.5. The summed E-state index contributed by atoms with van der Waals surface area (Å²) in [5, 5.41) is 8.82. The lowest BCUT2D eigenvalue weighted by molar-refractivity contribution is -0.135. The fourth-order valence-corrected chi connectivity index (χ4v) is 4.41. The van der Waals surface area contributed by atoms with Gasteiger partial charge in [0.1, 0.15) is 18.1 Å². The molecule has 0 spiro atoms. The van der Waals surface area contributed by atoms with Gasteiger partial charge in [-0.1, -0.05) is 11.6 Å². The van der Waals surface area contributed by atoms with Gasteiger partial charge in [-0.15, -0.1) is 0 Å². The lowest BCUT2D eigenvalue weighted by Crippen LogP contribution is -2.40. The van der Waals surface area contributed by atoms with Crippen molar-refractivity contribution in [2.45, 2.75) is 12.8 Å². The second-order valence-electron chi connectivity index (χ2n) is 7.06. The molecule has 10 heteroatoms. The summed E-state index contributed by atoms with van der Waals surface area (Å²) in [5.74, 6) is -1.23. The van der Waals surface area contributed by atoms with Gasteiger partial charge in [-0.2, -0.15) is 0 Å². The van der Waals surface area contributed by atoms with E-state index in [1.807, 2.05) is 0 Å². The molecular formula is C21H17ClN2O6S. The number of aromatic carboxylic acids is 1. The molecule has 1 aromatic carbocycles. The van der Waals surface area contributed by atoms with Crippen LogP contribution in [0.15, 0.2) is 39.7 Å². The van der Waals surface area contributed by atoms with Gasteiger partial charge in [-0.3, -0.25) is 19.3 Å². The quantitative estimate of drug-likeness (QED) is 0.673. The Morgan fingerprint density at radius 2 is 1.90 bits per heavy atom. The van der Waals surface area contributed by atoms with Crippen LogP contribution in [-0.4, -0.2) is 57.6 Å². The van der Waals surface area contributed by atoms with Crippen LogP contribution in [0.1, 0.15) is 29.0 Å². The molecule has 0 atom stereocenters. The van der Waals surface area contributed by atoms with E-state index in [-0.39, 0.29) is 27.9 Å². The zero-order valence-corrected chi connectivity index (χ0v) is 17.7. The summed E-state index contributed by atoms with van der Waals surface area (Å²) in [6, 6.07) is 7.71. The number of nitrogens with zero attached hydrogens (tertiary/aromatic N) is 2. The normalized spacial score (nSPS) is 17.8. The van der Waals surface area contributed by atoms with Crippen molar-refractivity contribution in [1.29, 1.82) is 0 Å². The van der Waals surface area contributed by atoms with Gasteiger partial charge in [-0.05, 0) is 54.9 Å². The molecule has 2 aliphatic rings. The van der Waals surface area contributed by atoms with Crippen molar-refractivity contribution >= 4 is 52.5 Å². The third kappa shape index (κ3) is 4.38. The van der Waals surface area contributed by atoms with Crippen LogP contribution < -0.4 is 0 Å². The van der Waals surface area contributed by atoms with Gasteiger partial charge in [0, 0.05) is 24.7 Å². The zero-order chi connectivity index (χ0) is 22.1. The van der Waals surface area contributed by atoms with Crippen LogP contribution in [0.4, 0.5) is 4.79 Å². The minimum atomic E-state index is -1.16. The number of furan rings is 1. The highest BCUT2D eigenvalue weighted by Gasteiger charge is 2.37. The molecule has 3 heterocycles. The van der Waals surface area contributed by atoms with Gasteiger partial charge in [0.05, 0.1) is 15.5 Å². The number of likely N-dealkylation sites (tertiary alicyclic amines) is 1. The van der Waals surface area contributed by atoms with Gasteiger partial charge in [0.25, 0.3) is 11.1 Å². The Morgan fingerprint density at radius 3 is 2.61 bits per heavy atom. The zero-order valence-electron chi connectivity index (χ0n) is 16.2. The Hall–Kier alpha value is -3.04. The number of carbonyl (C=O) groups is 4. The van der Waals surface area contributed by atoms with E-state index in [9.17, 15) is 24.3 Å². The minimum absolute atomic E-state index is 0.0547. The van der Waals surface area contributed by atoms with E-state index in [1.165, 1.54) is 18.2 Å². The molecule has 2 aromatic rings. The van der Waals surface area contributed by atoms with E-state index >= 15 is 0 Å². The smallest absolute Gasteiger partial charge is 0.337 e. The third-order valence-corrected chi connectivity index (χ3v) is 6.24. The summed E-state index contributed by atoms with van der Waals surface area (Å²) in [6.45, 7) is 1.02. The molecule has 0 bridgehead atoms. The number of halogens is 1. The molecule has 2 saturated heterocycles. The van der Waals surface area contributed by atoms with Crippen molar-refractivity contribution in [2.24, 2.45) is 0 Å².